The number of nitrogens with one attached hydrogen (secondary N) is 1. The van der Waals surface area contributed by atoms with Crippen LogP contribution in [0.3, 0.4) is 0 Å². The van der Waals surface area contributed by atoms with Crippen molar-refractivity contribution in [2.75, 3.05) is 13.1 Å². The smallest absolute Gasteiger partial charge is 0.411 e. The van der Waals surface area contributed by atoms with Gasteiger partial charge in [0.25, 0.3) is 0 Å². The van der Waals surface area contributed by atoms with Gasteiger partial charge in [-0.15, -0.1) is 0 Å². The topological polar surface area (TPSA) is 84.7 Å². The van der Waals surface area contributed by atoms with Crippen LogP contribution in [-0.2, 0) is 9.53 Å². The number of hydrogen-bond donors (Lipinski definition) is 2. The summed E-state index contributed by atoms with van der Waals surface area (Å²) < 4.78 is 5.33. The molecule has 0 radical (unpaired) electrons. The van der Waals surface area contributed by atoms with Crippen molar-refractivity contribution < 1.29 is 14.3 Å². The van der Waals surface area contributed by atoms with Crippen LogP contribution in [0.2, 0.25) is 0 Å². The number of fused-ring (bicyclic) bond motifs is 1. The number of carbonyl (C=O) groups is 2. The lowest BCUT2D eigenvalue weighted by Crippen LogP contribution is -2.57. The normalized spacial score (nSPS) is 31.9. The van der Waals surface area contributed by atoms with Gasteiger partial charge >= 0.3 is 6.09 Å². The molecule has 0 spiro atoms. The van der Waals surface area contributed by atoms with Crippen molar-refractivity contribution in [3.8, 4) is 0 Å². The molecular formula is C12H21N3O3. The maximum Gasteiger partial charge on any atom is 0.411 e. The van der Waals surface area contributed by atoms with Gasteiger partial charge in [0.2, 0.25) is 5.91 Å². The van der Waals surface area contributed by atoms with E-state index in [0.29, 0.717) is 13.1 Å². The van der Waals surface area contributed by atoms with Crippen LogP contribution in [0.4, 0.5) is 4.79 Å². The van der Waals surface area contributed by atoms with E-state index >= 15 is 0 Å². The molecule has 6 nitrogen and oxygen atoms in total. The van der Waals surface area contributed by atoms with Crippen LogP contribution in [0.5, 0.6) is 0 Å². The molecule has 2 amide bonds. The van der Waals surface area contributed by atoms with E-state index in [4.69, 9.17) is 10.5 Å². The summed E-state index contributed by atoms with van der Waals surface area (Å²) in [6, 6.07) is -0.508. The lowest BCUT2D eigenvalue weighted by atomic mass is 9.89. The second-order valence-electron chi connectivity index (χ2n) is 6.08. The third-order valence-corrected chi connectivity index (χ3v) is 3.25. The molecule has 0 aromatic rings. The third-order valence-electron chi connectivity index (χ3n) is 3.25. The first-order valence-electron chi connectivity index (χ1n) is 6.31. The average molecular weight is 255 g/mol. The van der Waals surface area contributed by atoms with E-state index in [1.807, 2.05) is 0 Å². The van der Waals surface area contributed by atoms with E-state index in [1.54, 1.807) is 20.8 Å². The first-order chi connectivity index (χ1) is 8.28. The minimum absolute atomic E-state index is 0.0912. The Labute approximate surface area is 107 Å². The minimum Gasteiger partial charge on any atom is -0.444 e. The van der Waals surface area contributed by atoms with Gasteiger partial charge in [0.05, 0.1) is 0 Å². The summed E-state index contributed by atoms with van der Waals surface area (Å²) in [5, 5.41) is 2.79. The summed E-state index contributed by atoms with van der Waals surface area (Å²) in [6.45, 7) is 6.39. The van der Waals surface area contributed by atoms with Gasteiger partial charge in [-0.25, -0.2) is 4.79 Å². The van der Waals surface area contributed by atoms with Crippen LogP contribution in [-0.4, -0.2) is 47.7 Å². The van der Waals surface area contributed by atoms with Crippen molar-refractivity contribution in [1.82, 2.24) is 10.2 Å². The minimum atomic E-state index is -0.566. The van der Waals surface area contributed by atoms with E-state index < -0.39 is 17.7 Å². The Morgan fingerprint density at radius 2 is 2.17 bits per heavy atom. The molecule has 102 valence electrons. The van der Waals surface area contributed by atoms with E-state index in [-0.39, 0.29) is 17.9 Å². The molecule has 2 fully saturated rings. The molecule has 2 aliphatic heterocycles. The zero-order chi connectivity index (χ0) is 13.5. The van der Waals surface area contributed by atoms with Crippen LogP contribution in [0.15, 0.2) is 0 Å². The summed E-state index contributed by atoms with van der Waals surface area (Å²) in [5.41, 5.74) is 5.37. The molecule has 3 N–H and O–H groups in total. The van der Waals surface area contributed by atoms with Crippen LogP contribution in [0.1, 0.15) is 27.2 Å². The third kappa shape index (κ3) is 2.58. The van der Waals surface area contributed by atoms with Crippen LogP contribution >= 0.6 is 0 Å². The maximum atomic E-state index is 12.1. The molecule has 3 atom stereocenters. The molecule has 0 saturated carbocycles. The van der Waals surface area contributed by atoms with Gasteiger partial charge in [0.1, 0.15) is 11.6 Å². The zero-order valence-corrected chi connectivity index (χ0v) is 11.1. The standard InChI is InChI=1S/C12H21N3O3/c1-12(2,3)18-11(17)15-6-8(13)4-7-5-14-10(16)9(7)15/h7-9H,4-6,13H2,1-3H3,(H,14,16)/t7-,8-,9-/m1/s1. The molecule has 0 bridgehead atoms. The lowest BCUT2D eigenvalue weighted by Gasteiger charge is -2.39. The highest BCUT2D eigenvalue weighted by atomic mass is 16.6. The molecule has 2 heterocycles. The molecule has 2 aliphatic rings. The fraction of sp³-hybridized carbons (Fsp3) is 0.833. The van der Waals surface area contributed by atoms with Crippen LogP contribution in [0, 0.1) is 5.92 Å². The van der Waals surface area contributed by atoms with Crippen molar-refractivity contribution in [3.63, 3.8) is 0 Å². The summed E-state index contributed by atoms with van der Waals surface area (Å²) in [6.07, 6.45) is 0.313. The molecule has 6 heteroatoms. The van der Waals surface area contributed by atoms with Crippen molar-refractivity contribution in [2.24, 2.45) is 11.7 Å². The lowest BCUT2D eigenvalue weighted by molar-refractivity contribution is -0.125. The Kier molecular flexibility index (Phi) is 3.23. The Hall–Kier alpha value is -1.30. The molecule has 0 unspecified atom stereocenters. The summed E-state index contributed by atoms with van der Waals surface area (Å²) in [7, 11) is 0. The highest BCUT2D eigenvalue weighted by Crippen LogP contribution is 2.28. The van der Waals surface area contributed by atoms with Crippen LogP contribution < -0.4 is 11.1 Å². The number of hydrogen-bond acceptors (Lipinski definition) is 4. The van der Waals surface area contributed by atoms with Gasteiger partial charge < -0.3 is 15.8 Å². The summed E-state index contributed by atoms with van der Waals surface area (Å²) >= 11 is 0. The Bertz CT molecular complexity index is 364. The monoisotopic (exact) mass is 255 g/mol. The Balaban J connectivity index is 2.14. The number of rotatable bonds is 0. The molecule has 0 aromatic carbocycles. The molecule has 2 rings (SSSR count). The van der Waals surface area contributed by atoms with Crippen molar-refractivity contribution in [1.29, 1.82) is 0 Å². The largest absolute Gasteiger partial charge is 0.444 e. The quantitative estimate of drug-likeness (QED) is 0.641. The van der Waals surface area contributed by atoms with Gasteiger partial charge in [-0.2, -0.15) is 0 Å². The van der Waals surface area contributed by atoms with Crippen molar-refractivity contribution in [3.05, 3.63) is 0 Å². The second kappa shape index (κ2) is 4.42. The van der Waals surface area contributed by atoms with Crippen molar-refractivity contribution in [2.45, 2.75) is 44.9 Å². The van der Waals surface area contributed by atoms with E-state index in [1.165, 1.54) is 4.90 Å². The summed E-state index contributed by atoms with van der Waals surface area (Å²) in [5.74, 6) is 0.00604. The SMILES string of the molecule is CC(C)(C)OC(=O)N1C[C@H](N)C[C@@H]2CNC(=O)[C@@H]21. The molecule has 0 aliphatic carbocycles. The Morgan fingerprint density at radius 3 is 2.78 bits per heavy atom. The first-order valence-corrected chi connectivity index (χ1v) is 6.31. The number of amides is 2. The second-order valence-corrected chi connectivity index (χ2v) is 6.08. The highest BCUT2D eigenvalue weighted by Gasteiger charge is 2.46. The molecule has 2 saturated heterocycles. The molecule has 0 aromatic heterocycles. The summed E-state index contributed by atoms with van der Waals surface area (Å²) in [4.78, 5) is 25.4. The van der Waals surface area contributed by atoms with Gasteiger partial charge in [0, 0.05) is 25.0 Å². The number of ether oxygens (including phenoxy) is 1. The number of nitrogens with zero attached hydrogens (tertiary/aromatic N) is 1. The van der Waals surface area contributed by atoms with E-state index in [9.17, 15) is 9.59 Å². The number of carbonyl (C=O) groups excluding carboxylic acids is 2. The van der Waals surface area contributed by atoms with E-state index in [0.717, 1.165) is 6.42 Å². The van der Waals surface area contributed by atoms with Gasteiger partial charge in [-0.05, 0) is 27.2 Å². The van der Waals surface area contributed by atoms with Gasteiger partial charge in [0.15, 0.2) is 0 Å². The van der Waals surface area contributed by atoms with E-state index in [2.05, 4.69) is 5.32 Å². The highest BCUT2D eigenvalue weighted by molar-refractivity contribution is 5.88. The molecule has 18 heavy (non-hydrogen) atoms. The number of nitrogens with two attached hydrogens (primary N) is 1. The predicted octanol–water partition coefficient (Wildman–Crippen LogP) is 0.0691. The van der Waals surface area contributed by atoms with Gasteiger partial charge in [-0.1, -0.05) is 0 Å². The first kappa shape index (κ1) is 13.1. The van der Waals surface area contributed by atoms with Gasteiger partial charge in [-0.3, -0.25) is 9.69 Å². The van der Waals surface area contributed by atoms with Crippen LogP contribution in [0.25, 0.3) is 0 Å². The predicted molar refractivity (Wildman–Crippen MR) is 65.8 cm³/mol. The molecular weight excluding hydrogens is 234 g/mol. The van der Waals surface area contributed by atoms with Crippen molar-refractivity contribution >= 4 is 12.0 Å². The fourth-order valence-electron chi connectivity index (χ4n) is 2.61. The number of piperidine rings is 1. The average Bonchev–Trinajstić information content (AvgIpc) is 2.56. The Morgan fingerprint density at radius 1 is 1.50 bits per heavy atom. The number of likely N-dealkylation sites (tertiary alicyclic amines) is 1. The fourth-order valence-corrected chi connectivity index (χ4v) is 2.61. The maximum absolute atomic E-state index is 12.1. The zero-order valence-electron chi connectivity index (χ0n) is 11.1.